The Hall–Kier alpha value is -2.85. The summed E-state index contributed by atoms with van der Waals surface area (Å²) >= 11 is 6.15. The van der Waals surface area contributed by atoms with Crippen molar-refractivity contribution in [2.75, 3.05) is 0 Å². The van der Waals surface area contributed by atoms with E-state index in [2.05, 4.69) is 13.8 Å². The monoisotopic (exact) mass is 423 g/mol. The van der Waals surface area contributed by atoms with Crippen LogP contribution in [0.25, 0.3) is 11.1 Å². The van der Waals surface area contributed by atoms with Crippen molar-refractivity contribution in [3.8, 4) is 16.9 Å². The standard InChI is InChI=1S/C25H26ClNO3/c1-3-6-17-10-12-20(13-11-17)30-16-24-22(25(28)29)15-21(23(27-24)7-4-2)18-8-5-9-19(26)14-18/h5,8-15H,3-4,6-7,16H2,1-2H3,(H,28,29). The maximum atomic E-state index is 11.9. The lowest BCUT2D eigenvalue weighted by Gasteiger charge is -2.15. The third-order valence-electron chi connectivity index (χ3n) is 4.87. The number of hydrogen-bond acceptors (Lipinski definition) is 3. The second-order valence-electron chi connectivity index (χ2n) is 7.23. The van der Waals surface area contributed by atoms with Crippen molar-refractivity contribution < 1.29 is 14.6 Å². The Balaban J connectivity index is 1.93. The van der Waals surface area contributed by atoms with E-state index in [0.717, 1.165) is 42.5 Å². The fraction of sp³-hybridized carbons (Fsp3) is 0.280. The number of aromatic carboxylic acids is 1. The van der Waals surface area contributed by atoms with Gasteiger partial charge < -0.3 is 9.84 Å². The fourth-order valence-electron chi connectivity index (χ4n) is 3.42. The van der Waals surface area contributed by atoms with Gasteiger partial charge in [0.1, 0.15) is 12.4 Å². The summed E-state index contributed by atoms with van der Waals surface area (Å²) in [4.78, 5) is 16.7. The summed E-state index contributed by atoms with van der Waals surface area (Å²) in [7, 11) is 0. The van der Waals surface area contributed by atoms with Crippen LogP contribution in [0.4, 0.5) is 0 Å². The number of carboxylic acid groups (broad SMARTS) is 1. The van der Waals surface area contributed by atoms with Crippen LogP contribution in [0.5, 0.6) is 5.75 Å². The van der Waals surface area contributed by atoms with Crippen LogP contribution in [0.3, 0.4) is 0 Å². The SMILES string of the molecule is CCCc1ccc(OCc2nc(CCC)c(-c3cccc(Cl)c3)cc2C(=O)O)cc1. The zero-order chi connectivity index (χ0) is 21.5. The number of carboxylic acids is 1. The first-order valence-electron chi connectivity index (χ1n) is 10.3. The van der Waals surface area contributed by atoms with Gasteiger partial charge in [-0.3, -0.25) is 4.98 Å². The maximum Gasteiger partial charge on any atom is 0.337 e. The molecule has 0 aliphatic rings. The van der Waals surface area contributed by atoms with Gasteiger partial charge in [-0.1, -0.05) is 62.6 Å². The Bertz CT molecular complexity index is 1020. The van der Waals surface area contributed by atoms with Crippen LogP contribution in [-0.2, 0) is 19.4 Å². The molecule has 3 rings (SSSR count). The molecule has 0 saturated carbocycles. The van der Waals surface area contributed by atoms with Gasteiger partial charge in [-0.25, -0.2) is 4.79 Å². The predicted octanol–water partition coefficient (Wildman–Crippen LogP) is 6.58. The van der Waals surface area contributed by atoms with Gasteiger partial charge in [-0.05, 0) is 54.3 Å². The summed E-state index contributed by atoms with van der Waals surface area (Å²) in [6, 6.07) is 17.0. The molecule has 0 amide bonds. The molecule has 5 heteroatoms. The summed E-state index contributed by atoms with van der Waals surface area (Å²) in [5.41, 5.74) is 4.33. The van der Waals surface area contributed by atoms with E-state index in [9.17, 15) is 9.90 Å². The summed E-state index contributed by atoms with van der Waals surface area (Å²) in [6.45, 7) is 4.31. The van der Waals surface area contributed by atoms with Gasteiger partial charge in [0.15, 0.2) is 0 Å². The molecule has 1 heterocycles. The Morgan fingerprint density at radius 3 is 2.37 bits per heavy atom. The number of benzene rings is 2. The molecule has 0 unspecified atom stereocenters. The Labute approximate surface area is 182 Å². The number of pyridine rings is 1. The van der Waals surface area contributed by atoms with Crippen LogP contribution in [0.2, 0.25) is 5.02 Å². The summed E-state index contributed by atoms with van der Waals surface area (Å²) in [6.07, 6.45) is 3.74. The molecule has 1 N–H and O–H groups in total. The minimum absolute atomic E-state index is 0.0985. The number of rotatable bonds is 9. The third kappa shape index (κ3) is 5.39. The number of nitrogens with zero attached hydrogens (tertiary/aromatic N) is 1. The van der Waals surface area contributed by atoms with Crippen LogP contribution in [0.1, 0.15) is 54.0 Å². The Morgan fingerprint density at radius 1 is 1.00 bits per heavy atom. The van der Waals surface area contributed by atoms with E-state index in [1.165, 1.54) is 5.56 Å². The summed E-state index contributed by atoms with van der Waals surface area (Å²) in [5, 5.41) is 10.4. The number of aromatic nitrogens is 1. The van der Waals surface area contributed by atoms with Crippen molar-refractivity contribution >= 4 is 17.6 Å². The highest BCUT2D eigenvalue weighted by Crippen LogP contribution is 2.29. The molecule has 3 aromatic rings. The van der Waals surface area contributed by atoms with Gasteiger partial charge in [0.05, 0.1) is 11.3 Å². The molecule has 0 aliphatic heterocycles. The molecule has 156 valence electrons. The summed E-state index contributed by atoms with van der Waals surface area (Å²) < 4.78 is 5.87. The van der Waals surface area contributed by atoms with E-state index in [4.69, 9.17) is 21.3 Å². The fourth-order valence-corrected chi connectivity index (χ4v) is 3.61. The normalized spacial score (nSPS) is 10.8. The minimum atomic E-state index is -1.02. The molecule has 0 radical (unpaired) electrons. The lowest BCUT2D eigenvalue weighted by Crippen LogP contribution is -2.11. The van der Waals surface area contributed by atoms with Crippen LogP contribution >= 0.6 is 11.6 Å². The molecule has 1 aromatic heterocycles. The molecule has 30 heavy (non-hydrogen) atoms. The first kappa shape index (κ1) is 21.8. The Morgan fingerprint density at radius 2 is 1.73 bits per heavy atom. The second kappa shape index (κ2) is 10.3. The molecule has 0 bridgehead atoms. The van der Waals surface area contributed by atoms with Crippen molar-refractivity contribution in [2.24, 2.45) is 0 Å². The highest BCUT2D eigenvalue weighted by atomic mass is 35.5. The van der Waals surface area contributed by atoms with E-state index in [0.29, 0.717) is 16.5 Å². The maximum absolute atomic E-state index is 11.9. The number of carbonyl (C=O) groups is 1. The van der Waals surface area contributed by atoms with Crippen molar-refractivity contribution in [3.05, 3.63) is 82.1 Å². The van der Waals surface area contributed by atoms with Crippen molar-refractivity contribution in [3.63, 3.8) is 0 Å². The topological polar surface area (TPSA) is 59.4 Å². The molecule has 4 nitrogen and oxygen atoms in total. The lowest BCUT2D eigenvalue weighted by atomic mass is 9.98. The van der Waals surface area contributed by atoms with Crippen molar-refractivity contribution in [1.82, 2.24) is 4.98 Å². The molecular formula is C25H26ClNO3. The molecule has 0 spiro atoms. The lowest BCUT2D eigenvalue weighted by molar-refractivity contribution is 0.0693. The average Bonchev–Trinajstić information content (AvgIpc) is 2.73. The quantitative estimate of drug-likeness (QED) is 0.422. The molecule has 0 saturated heterocycles. The molecule has 0 atom stereocenters. The first-order valence-corrected chi connectivity index (χ1v) is 10.6. The van der Waals surface area contributed by atoms with Crippen molar-refractivity contribution in [2.45, 2.75) is 46.1 Å². The average molecular weight is 424 g/mol. The molecule has 0 fully saturated rings. The van der Waals surface area contributed by atoms with Gasteiger partial charge in [0.25, 0.3) is 0 Å². The van der Waals surface area contributed by atoms with Gasteiger partial charge in [-0.15, -0.1) is 0 Å². The zero-order valence-electron chi connectivity index (χ0n) is 17.3. The van der Waals surface area contributed by atoms with Crippen LogP contribution in [0.15, 0.2) is 54.6 Å². The van der Waals surface area contributed by atoms with E-state index >= 15 is 0 Å². The van der Waals surface area contributed by atoms with Crippen LogP contribution in [0, 0.1) is 0 Å². The van der Waals surface area contributed by atoms with E-state index in [1.807, 2.05) is 42.5 Å². The highest BCUT2D eigenvalue weighted by molar-refractivity contribution is 6.30. The Kier molecular flexibility index (Phi) is 7.47. The molecule has 0 aliphatic carbocycles. The predicted molar refractivity (Wildman–Crippen MR) is 120 cm³/mol. The van der Waals surface area contributed by atoms with Crippen molar-refractivity contribution in [1.29, 1.82) is 0 Å². The van der Waals surface area contributed by atoms with Crippen LogP contribution < -0.4 is 4.74 Å². The number of aryl methyl sites for hydroxylation is 2. The highest BCUT2D eigenvalue weighted by Gasteiger charge is 2.18. The van der Waals surface area contributed by atoms with Gasteiger partial charge in [0.2, 0.25) is 0 Å². The van der Waals surface area contributed by atoms with E-state index in [1.54, 1.807) is 12.1 Å². The van der Waals surface area contributed by atoms with E-state index in [-0.39, 0.29) is 12.2 Å². The van der Waals surface area contributed by atoms with E-state index < -0.39 is 5.97 Å². The van der Waals surface area contributed by atoms with Gasteiger partial charge in [0, 0.05) is 16.3 Å². The van der Waals surface area contributed by atoms with Gasteiger partial charge in [-0.2, -0.15) is 0 Å². The zero-order valence-corrected chi connectivity index (χ0v) is 18.1. The van der Waals surface area contributed by atoms with Crippen LogP contribution in [-0.4, -0.2) is 16.1 Å². The van der Waals surface area contributed by atoms with Gasteiger partial charge >= 0.3 is 5.97 Å². The second-order valence-corrected chi connectivity index (χ2v) is 7.66. The summed E-state index contributed by atoms with van der Waals surface area (Å²) in [5.74, 6) is -0.324. The first-order chi connectivity index (χ1) is 14.5. The number of ether oxygens (including phenoxy) is 1. The largest absolute Gasteiger partial charge is 0.487 e. The molecule has 2 aromatic carbocycles. The smallest absolute Gasteiger partial charge is 0.337 e. The molecular weight excluding hydrogens is 398 g/mol. The minimum Gasteiger partial charge on any atom is -0.487 e. The number of hydrogen-bond donors (Lipinski definition) is 1. The third-order valence-corrected chi connectivity index (χ3v) is 5.11. The number of halogens is 1.